The van der Waals surface area contributed by atoms with Crippen molar-refractivity contribution in [1.82, 2.24) is 5.32 Å². The lowest BCUT2D eigenvalue weighted by molar-refractivity contribution is 0.462. The quantitative estimate of drug-likeness (QED) is 0.816. The predicted octanol–water partition coefficient (Wildman–Crippen LogP) is 4.94. The predicted molar refractivity (Wildman–Crippen MR) is 84.7 cm³/mol. The summed E-state index contributed by atoms with van der Waals surface area (Å²) < 4.78 is 19.8. The molecule has 0 saturated carbocycles. The highest BCUT2D eigenvalue weighted by molar-refractivity contribution is 6.31. The van der Waals surface area contributed by atoms with Crippen molar-refractivity contribution in [3.05, 3.63) is 58.4 Å². The normalized spacial score (nSPS) is 10.7. The van der Waals surface area contributed by atoms with Gasteiger partial charge in [0.25, 0.3) is 0 Å². The Bertz CT molecular complexity index is 616. The van der Waals surface area contributed by atoms with Gasteiger partial charge in [0.1, 0.15) is 17.3 Å². The first-order chi connectivity index (χ1) is 10.2. The van der Waals surface area contributed by atoms with E-state index in [-0.39, 0.29) is 5.82 Å². The van der Waals surface area contributed by atoms with Crippen LogP contribution in [0.2, 0.25) is 5.02 Å². The fourth-order valence-corrected chi connectivity index (χ4v) is 2.32. The van der Waals surface area contributed by atoms with Gasteiger partial charge in [-0.3, -0.25) is 0 Å². The lowest BCUT2D eigenvalue weighted by atomic mass is 10.1. The highest BCUT2D eigenvalue weighted by atomic mass is 35.5. The molecule has 0 fully saturated rings. The molecule has 112 valence electrons. The molecule has 4 heteroatoms. The van der Waals surface area contributed by atoms with Gasteiger partial charge in [0.05, 0.1) is 0 Å². The summed E-state index contributed by atoms with van der Waals surface area (Å²) in [6.07, 6.45) is 0.823. The zero-order valence-electron chi connectivity index (χ0n) is 12.2. The van der Waals surface area contributed by atoms with Crippen LogP contribution in [0.5, 0.6) is 11.5 Å². The van der Waals surface area contributed by atoms with E-state index < -0.39 is 0 Å². The zero-order chi connectivity index (χ0) is 15.2. The summed E-state index contributed by atoms with van der Waals surface area (Å²) in [5.41, 5.74) is 1.55. The number of rotatable bonds is 6. The molecule has 2 nitrogen and oxygen atoms in total. The van der Waals surface area contributed by atoms with Gasteiger partial charge in [0.2, 0.25) is 0 Å². The molecular weight excluding hydrogens is 289 g/mol. The molecule has 2 rings (SSSR count). The Kier molecular flexibility index (Phi) is 5.59. The fraction of sp³-hybridized carbons (Fsp3) is 0.294. The van der Waals surface area contributed by atoms with Gasteiger partial charge in [-0.25, -0.2) is 4.39 Å². The van der Waals surface area contributed by atoms with Crippen LogP contribution < -0.4 is 10.1 Å². The molecule has 0 aliphatic carbocycles. The SMILES string of the molecule is CCNCc1c(F)cccc1Oc1ccc(Cl)c(CC)c1. The number of nitrogens with one attached hydrogen (secondary N) is 1. The maximum atomic E-state index is 13.9. The van der Waals surface area contributed by atoms with E-state index in [2.05, 4.69) is 5.32 Å². The lowest BCUT2D eigenvalue weighted by Crippen LogP contribution is -2.13. The number of hydrogen-bond acceptors (Lipinski definition) is 2. The Morgan fingerprint density at radius 1 is 1.19 bits per heavy atom. The smallest absolute Gasteiger partial charge is 0.134 e. The van der Waals surface area contributed by atoms with Crippen LogP contribution in [-0.4, -0.2) is 6.54 Å². The summed E-state index contributed by atoms with van der Waals surface area (Å²) in [5, 5.41) is 3.84. The Hall–Kier alpha value is -1.58. The molecule has 0 heterocycles. The van der Waals surface area contributed by atoms with Gasteiger partial charge in [-0.2, -0.15) is 0 Å². The van der Waals surface area contributed by atoms with Gasteiger partial charge in [-0.05, 0) is 48.9 Å². The van der Waals surface area contributed by atoms with Crippen molar-refractivity contribution in [2.75, 3.05) is 6.54 Å². The standard InChI is InChI=1S/C17H19ClFNO/c1-3-12-10-13(8-9-15(12)18)21-17-7-5-6-16(19)14(17)11-20-4-2/h5-10,20H,3-4,11H2,1-2H3. The van der Waals surface area contributed by atoms with Crippen molar-refractivity contribution < 1.29 is 9.13 Å². The second kappa shape index (κ2) is 7.43. The van der Waals surface area contributed by atoms with Crippen LogP contribution in [0.15, 0.2) is 36.4 Å². The molecule has 0 atom stereocenters. The molecule has 0 aromatic heterocycles. The maximum Gasteiger partial charge on any atom is 0.134 e. The number of halogens is 2. The highest BCUT2D eigenvalue weighted by Gasteiger charge is 2.10. The van der Waals surface area contributed by atoms with E-state index >= 15 is 0 Å². The van der Waals surface area contributed by atoms with Crippen LogP contribution in [0.1, 0.15) is 25.0 Å². The van der Waals surface area contributed by atoms with Crippen molar-refractivity contribution in [2.24, 2.45) is 0 Å². The van der Waals surface area contributed by atoms with Crippen LogP contribution in [0.25, 0.3) is 0 Å². The number of hydrogen-bond donors (Lipinski definition) is 1. The first-order valence-electron chi connectivity index (χ1n) is 7.10. The number of benzene rings is 2. The van der Waals surface area contributed by atoms with Crippen molar-refractivity contribution in [2.45, 2.75) is 26.8 Å². The van der Waals surface area contributed by atoms with E-state index in [9.17, 15) is 4.39 Å². The van der Waals surface area contributed by atoms with E-state index in [4.69, 9.17) is 16.3 Å². The Morgan fingerprint density at radius 2 is 2.00 bits per heavy atom. The van der Waals surface area contributed by atoms with E-state index in [1.54, 1.807) is 24.3 Å². The minimum atomic E-state index is -0.266. The Morgan fingerprint density at radius 3 is 2.71 bits per heavy atom. The average molecular weight is 308 g/mol. The molecule has 0 unspecified atom stereocenters. The molecule has 0 spiro atoms. The average Bonchev–Trinajstić information content (AvgIpc) is 2.48. The fourth-order valence-electron chi connectivity index (χ4n) is 2.07. The summed E-state index contributed by atoms with van der Waals surface area (Å²) in [5.74, 6) is 0.929. The maximum absolute atomic E-state index is 13.9. The van der Waals surface area contributed by atoms with Crippen molar-refractivity contribution in [3.63, 3.8) is 0 Å². The first kappa shape index (κ1) is 15.8. The molecule has 1 N–H and O–H groups in total. The lowest BCUT2D eigenvalue weighted by Gasteiger charge is -2.13. The highest BCUT2D eigenvalue weighted by Crippen LogP contribution is 2.30. The summed E-state index contributed by atoms with van der Waals surface area (Å²) in [4.78, 5) is 0. The van der Waals surface area contributed by atoms with Crippen molar-refractivity contribution in [1.29, 1.82) is 0 Å². The number of ether oxygens (including phenoxy) is 1. The summed E-state index contributed by atoms with van der Waals surface area (Å²) in [7, 11) is 0. The minimum absolute atomic E-state index is 0.266. The third-order valence-corrected chi connectivity index (χ3v) is 3.62. The van der Waals surface area contributed by atoms with E-state index in [1.165, 1.54) is 6.07 Å². The summed E-state index contributed by atoms with van der Waals surface area (Å²) in [6, 6.07) is 10.4. The van der Waals surface area contributed by atoms with E-state index in [0.29, 0.717) is 23.6 Å². The van der Waals surface area contributed by atoms with E-state index in [1.807, 2.05) is 19.9 Å². The van der Waals surface area contributed by atoms with Crippen LogP contribution in [0.4, 0.5) is 4.39 Å². The molecule has 0 aliphatic rings. The van der Waals surface area contributed by atoms with Gasteiger partial charge in [-0.1, -0.05) is 31.5 Å². The molecular formula is C17H19ClFNO. The first-order valence-corrected chi connectivity index (χ1v) is 7.47. The second-order valence-corrected chi connectivity index (χ2v) is 5.11. The van der Waals surface area contributed by atoms with Crippen LogP contribution in [-0.2, 0) is 13.0 Å². The molecule has 0 bridgehead atoms. The van der Waals surface area contributed by atoms with Crippen molar-refractivity contribution >= 4 is 11.6 Å². The summed E-state index contributed by atoms with van der Waals surface area (Å²) >= 11 is 6.10. The van der Waals surface area contributed by atoms with Gasteiger partial charge in [0, 0.05) is 17.1 Å². The topological polar surface area (TPSA) is 21.3 Å². The second-order valence-electron chi connectivity index (χ2n) is 4.71. The molecule has 0 amide bonds. The molecule has 0 saturated heterocycles. The monoisotopic (exact) mass is 307 g/mol. The van der Waals surface area contributed by atoms with Gasteiger partial charge >= 0.3 is 0 Å². The third kappa shape index (κ3) is 3.96. The van der Waals surface area contributed by atoms with E-state index in [0.717, 1.165) is 23.6 Å². The van der Waals surface area contributed by atoms with Crippen LogP contribution in [0, 0.1) is 5.82 Å². The Labute approximate surface area is 129 Å². The summed E-state index contributed by atoms with van der Waals surface area (Å²) in [6.45, 7) is 5.22. The largest absolute Gasteiger partial charge is 0.457 e. The minimum Gasteiger partial charge on any atom is -0.457 e. The third-order valence-electron chi connectivity index (χ3n) is 3.25. The van der Waals surface area contributed by atoms with Crippen LogP contribution >= 0.6 is 11.6 Å². The Balaban J connectivity index is 2.28. The zero-order valence-corrected chi connectivity index (χ0v) is 13.0. The molecule has 2 aromatic carbocycles. The number of aryl methyl sites for hydroxylation is 1. The molecule has 2 aromatic rings. The molecule has 0 aliphatic heterocycles. The van der Waals surface area contributed by atoms with Gasteiger partial charge < -0.3 is 10.1 Å². The molecule has 0 radical (unpaired) electrons. The van der Waals surface area contributed by atoms with Gasteiger partial charge in [0.15, 0.2) is 0 Å². The van der Waals surface area contributed by atoms with Crippen LogP contribution in [0.3, 0.4) is 0 Å². The van der Waals surface area contributed by atoms with Gasteiger partial charge in [-0.15, -0.1) is 0 Å². The van der Waals surface area contributed by atoms with Crippen molar-refractivity contribution in [3.8, 4) is 11.5 Å². The molecule has 21 heavy (non-hydrogen) atoms.